The Morgan fingerprint density at radius 2 is 2.16 bits per heavy atom. The largest absolute Gasteiger partial charge is 0.477 e. The third-order valence-corrected chi connectivity index (χ3v) is 8.72. The number of carboxylic acids is 1. The molecule has 11 nitrogen and oxygen atoms in total. The van der Waals surface area contributed by atoms with Crippen molar-refractivity contribution in [2.45, 2.75) is 35.6 Å². The molecule has 0 saturated carbocycles. The van der Waals surface area contributed by atoms with E-state index in [1.165, 1.54) is 39.8 Å². The van der Waals surface area contributed by atoms with Gasteiger partial charge in [-0.05, 0) is 12.0 Å². The van der Waals surface area contributed by atoms with E-state index < -0.39 is 28.0 Å². The molecule has 1 fully saturated rings. The molecular formula is C15H19N5O6S5. The lowest BCUT2D eigenvalue weighted by Gasteiger charge is -2.49. The second kappa shape index (κ2) is 10.1. The summed E-state index contributed by atoms with van der Waals surface area (Å²) in [7, 11) is -4.12. The van der Waals surface area contributed by atoms with Gasteiger partial charge in [0.1, 0.15) is 28.0 Å². The quantitative estimate of drug-likeness (QED) is 0.145. The van der Waals surface area contributed by atoms with E-state index in [4.69, 9.17) is 16.8 Å². The van der Waals surface area contributed by atoms with Crippen molar-refractivity contribution in [1.82, 2.24) is 25.7 Å². The molecule has 31 heavy (non-hydrogen) atoms. The SMILES string of the molecule is CCC(=S)NC1C(=O)N2C(C(=O)O)=C(CSc3nnc(CNCS(=O)(=O)O)s3)CS[C@H]12. The highest BCUT2D eigenvalue weighted by atomic mass is 32.2. The summed E-state index contributed by atoms with van der Waals surface area (Å²) < 4.78 is 30.7. The molecule has 2 aliphatic rings. The van der Waals surface area contributed by atoms with Gasteiger partial charge in [0.2, 0.25) is 0 Å². The Kier molecular flexibility index (Phi) is 7.93. The summed E-state index contributed by atoms with van der Waals surface area (Å²) in [6.07, 6.45) is 0.606. The van der Waals surface area contributed by atoms with Crippen molar-refractivity contribution >= 4 is 74.1 Å². The molecular weight excluding hydrogens is 507 g/mol. The van der Waals surface area contributed by atoms with Crippen molar-refractivity contribution < 1.29 is 27.7 Å². The van der Waals surface area contributed by atoms with Crippen LogP contribution in [0.15, 0.2) is 15.6 Å². The van der Waals surface area contributed by atoms with Gasteiger partial charge in [0.05, 0.1) is 11.5 Å². The molecule has 3 heterocycles. The molecule has 1 saturated heterocycles. The maximum Gasteiger partial charge on any atom is 0.352 e. The minimum Gasteiger partial charge on any atom is -0.477 e. The number of rotatable bonds is 10. The Morgan fingerprint density at radius 3 is 2.81 bits per heavy atom. The van der Waals surface area contributed by atoms with Crippen LogP contribution >= 0.6 is 47.1 Å². The van der Waals surface area contributed by atoms with Gasteiger partial charge < -0.3 is 10.4 Å². The average Bonchev–Trinajstić information content (AvgIpc) is 3.15. The number of aliphatic carboxylic acids is 1. The van der Waals surface area contributed by atoms with E-state index in [9.17, 15) is 23.1 Å². The maximum atomic E-state index is 12.6. The molecule has 2 atom stereocenters. The number of β-lactam (4-membered cyclic amide) rings is 1. The molecule has 0 aromatic carbocycles. The molecule has 1 aromatic heterocycles. The zero-order chi connectivity index (χ0) is 22.8. The molecule has 1 unspecified atom stereocenters. The Labute approximate surface area is 196 Å². The van der Waals surface area contributed by atoms with Crippen LogP contribution in [0.4, 0.5) is 0 Å². The fraction of sp³-hybridized carbons (Fsp3) is 0.533. The molecule has 0 radical (unpaired) electrons. The summed E-state index contributed by atoms with van der Waals surface area (Å²) in [6, 6.07) is -0.512. The number of thioether (sulfide) groups is 2. The summed E-state index contributed by atoms with van der Waals surface area (Å²) in [5.41, 5.74) is 0.617. The second-order valence-electron chi connectivity index (χ2n) is 6.47. The minimum absolute atomic E-state index is 0.00118. The first-order valence-corrected chi connectivity index (χ1v) is 13.8. The highest BCUT2D eigenvalue weighted by molar-refractivity contribution is 8.01. The number of hydrogen-bond acceptors (Lipinski definition) is 11. The number of amides is 1. The fourth-order valence-corrected chi connectivity index (χ4v) is 6.71. The first kappa shape index (κ1) is 24.3. The molecule has 0 bridgehead atoms. The van der Waals surface area contributed by atoms with Gasteiger partial charge in [-0.3, -0.25) is 19.6 Å². The molecule has 1 aromatic rings. The number of nitrogens with one attached hydrogen (secondary N) is 2. The number of carboxylic acid groups (broad SMARTS) is 1. The van der Waals surface area contributed by atoms with Crippen LogP contribution in [0, 0.1) is 0 Å². The Balaban J connectivity index is 1.63. The monoisotopic (exact) mass is 525 g/mol. The highest BCUT2D eigenvalue weighted by Crippen LogP contribution is 2.41. The van der Waals surface area contributed by atoms with Gasteiger partial charge in [0, 0.05) is 11.5 Å². The van der Waals surface area contributed by atoms with Crippen molar-refractivity contribution in [2.75, 3.05) is 17.4 Å². The molecule has 0 spiro atoms. The van der Waals surface area contributed by atoms with Crippen molar-refractivity contribution in [3.05, 3.63) is 16.3 Å². The second-order valence-corrected chi connectivity index (χ2v) is 11.8. The number of carbonyl (C=O) groups is 2. The summed E-state index contributed by atoms with van der Waals surface area (Å²) in [4.78, 5) is 26.3. The third-order valence-electron chi connectivity index (χ3n) is 4.27. The van der Waals surface area contributed by atoms with Gasteiger partial charge in [-0.1, -0.05) is 42.2 Å². The highest BCUT2D eigenvalue weighted by Gasteiger charge is 2.53. The lowest BCUT2D eigenvalue weighted by atomic mass is 10.0. The van der Waals surface area contributed by atoms with Crippen LogP contribution in [0.3, 0.4) is 0 Å². The standard InChI is InChI=1S/C15H19N5O6S5/c1-2-8(27)17-10-12(21)20-11(14(22)23)7(4-28-13(10)20)5-29-15-19-18-9(30-15)3-16-6-31(24,25)26/h10,13,16H,2-6H2,1H3,(H,17,27)(H,22,23)(H,24,25,26)/t10?,13-/m1/s1. The Hall–Kier alpha value is -1.30. The van der Waals surface area contributed by atoms with Crippen molar-refractivity contribution in [2.24, 2.45) is 0 Å². The lowest BCUT2D eigenvalue weighted by molar-refractivity contribution is -0.148. The first-order valence-electron chi connectivity index (χ1n) is 8.91. The third kappa shape index (κ3) is 5.94. The van der Waals surface area contributed by atoms with Crippen LogP contribution in [0.5, 0.6) is 0 Å². The average molecular weight is 526 g/mol. The van der Waals surface area contributed by atoms with Crippen LogP contribution in [-0.2, 0) is 26.3 Å². The Bertz CT molecular complexity index is 1030. The number of nitrogens with zero attached hydrogens (tertiary/aromatic N) is 3. The zero-order valence-electron chi connectivity index (χ0n) is 16.1. The first-order chi connectivity index (χ1) is 14.6. The minimum atomic E-state index is -4.12. The summed E-state index contributed by atoms with van der Waals surface area (Å²) in [5, 5.41) is 23.4. The van der Waals surface area contributed by atoms with Crippen molar-refractivity contribution in [3.8, 4) is 0 Å². The summed E-state index contributed by atoms with van der Waals surface area (Å²) in [6.45, 7) is 2.00. The van der Waals surface area contributed by atoms with Crippen LogP contribution < -0.4 is 10.6 Å². The molecule has 0 aliphatic carbocycles. The van der Waals surface area contributed by atoms with E-state index in [0.29, 0.717) is 37.8 Å². The molecule has 3 rings (SSSR count). The zero-order valence-corrected chi connectivity index (χ0v) is 20.2. The van der Waals surface area contributed by atoms with Gasteiger partial charge in [-0.15, -0.1) is 22.0 Å². The molecule has 170 valence electrons. The predicted molar refractivity (Wildman–Crippen MR) is 121 cm³/mol. The summed E-state index contributed by atoms with van der Waals surface area (Å²) in [5.74, 6) is -1.27. The Morgan fingerprint density at radius 1 is 1.42 bits per heavy atom. The number of hydrogen-bond donors (Lipinski definition) is 4. The van der Waals surface area contributed by atoms with Crippen LogP contribution in [0.1, 0.15) is 18.4 Å². The topological polar surface area (TPSA) is 162 Å². The lowest BCUT2D eigenvalue weighted by Crippen LogP contribution is -2.70. The van der Waals surface area contributed by atoms with E-state index in [1.54, 1.807) is 0 Å². The van der Waals surface area contributed by atoms with E-state index in [0.717, 1.165) is 0 Å². The summed E-state index contributed by atoms with van der Waals surface area (Å²) >= 11 is 9.15. The molecule has 16 heteroatoms. The van der Waals surface area contributed by atoms with Crippen molar-refractivity contribution in [1.29, 1.82) is 0 Å². The van der Waals surface area contributed by atoms with Crippen LogP contribution in [-0.4, -0.2) is 78.8 Å². The number of thiocarbonyl (C=S) groups is 1. The van der Waals surface area contributed by atoms with Gasteiger partial charge in [0.15, 0.2) is 4.34 Å². The number of carbonyl (C=O) groups excluding carboxylic acids is 1. The van der Waals surface area contributed by atoms with Gasteiger partial charge in [-0.25, -0.2) is 4.79 Å². The van der Waals surface area contributed by atoms with E-state index in [1.807, 2.05) is 6.92 Å². The van der Waals surface area contributed by atoms with Crippen LogP contribution in [0.2, 0.25) is 0 Å². The maximum absolute atomic E-state index is 12.6. The number of aromatic nitrogens is 2. The normalized spacial score (nSPS) is 21.0. The number of fused-ring (bicyclic) bond motifs is 1. The predicted octanol–water partition coefficient (Wildman–Crippen LogP) is 0.515. The van der Waals surface area contributed by atoms with Crippen LogP contribution in [0.25, 0.3) is 0 Å². The van der Waals surface area contributed by atoms with E-state index in [-0.39, 0.29) is 23.5 Å². The van der Waals surface area contributed by atoms with Gasteiger partial charge in [0.25, 0.3) is 16.0 Å². The smallest absolute Gasteiger partial charge is 0.352 e. The van der Waals surface area contributed by atoms with E-state index >= 15 is 0 Å². The van der Waals surface area contributed by atoms with Gasteiger partial charge in [-0.2, -0.15) is 8.42 Å². The van der Waals surface area contributed by atoms with E-state index in [2.05, 4.69) is 20.8 Å². The molecule has 1 amide bonds. The fourth-order valence-electron chi connectivity index (χ4n) is 2.87. The van der Waals surface area contributed by atoms with Crippen molar-refractivity contribution in [3.63, 3.8) is 0 Å². The molecule has 2 aliphatic heterocycles. The molecule has 4 N–H and O–H groups in total. The van der Waals surface area contributed by atoms with Gasteiger partial charge >= 0.3 is 5.97 Å².